The molecule has 2 N–H and O–H groups in total. The molecule has 1 aliphatic rings. The van der Waals surface area contributed by atoms with Gasteiger partial charge in [0.1, 0.15) is 0 Å². The van der Waals surface area contributed by atoms with E-state index < -0.39 is 0 Å². The number of H-pyrrole nitrogens is 1. The number of amides is 1. The van der Waals surface area contributed by atoms with Gasteiger partial charge in [-0.3, -0.25) is 9.59 Å². The highest BCUT2D eigenvalue weighted by Crippen LogP contribution is 2.15. The second kappa shape index (κ2) is 9.18. The van der Waals surface area contributed by atoms with Gasteiger partial charge in [-0.25, -0.2) is 0 Å². The van der Waals surface area contributed by atoms with Crippen LogP contribution in [0.25, 0.3) is 10.9 Å². The largest absolute Gasteiger partial charge is 0.356 e. The Morgan fingerprint density at radius 1 is 1.33 bits per heavy atom. The van der Waals surface area contributed by atoms with Crippen LogP contribution in [0.5, 0.6) is 0 Å². The van der Waals surface area contributed by atoms with Gasteiger partial charge in [0.05, 0.1) is 0 Å². The summed E-state index contributed by atoms with van der Waals surface area (Å²) in [7, 11) is 0. The third kappa shape index (κ3) is 5.67. The lowest BCUT2D eigenvalue weighted by Gasteiger charge is -2.30. The Morgan fingerprint density at radius 2 is 2.19 bits per heavy atom. The van der Waals surface area contributed by atoms with Crippen LogP contribution in [0.15, 0.2) is 29.1 Å². The smallest absolute Gasteiger partial charge is 0.251 e. The lowest BCUT2D eigenvalue weighted by molar-refractivity contribution is -0.121. The summed E-state index contributed by atoms with van der Waals surface area (Å²) < 4.78 is 0. The van der Waals surface area contributed by atoms with Crippen LogP contribution in [-0.4, -0.2) is 42.0 Å². The zero-order chi connectivity index (χ0) is 19.2. The maximum atomic E-state index is 12.2. The summed E-state index contributed by atoms with van der Waals surface area (Å²) in [4.78, 5) is 29.7. The van der Waals surface area contributed by atoms with E-state index in [1.807, 2.05) is 25.1 Å². The number of likely N-dealkylation sites (tertiary alicyclic amines) is 1. The molecule has 0 bridgehead atoms. The number of pyridine rings is 1. The normalized spacial score (nSPS) is 17.9. The predicted molar refractivity (Wildman–Crippen MR) is 110 cm³/mol. The van der Waals surface area contributed by atoms with E-state index in [0.29, 0.717) is 24.9 Å². The number of fused-ring (bicyclic) bond motifs is 1. The Bertz CT molecular complexity index is 843. The molecule has 1 fully saturated rings. The monoisotopic (exact) mass is 369 g/mol. The summed E-state index contributed by atoms with van der Waals surface area (Å²) in [5.41, 5.74) is 2.57. The predicted octanol–water partition coefficient (Wildman–Crippen LogP) is 3.01. The van der Waals surface area contributed by atoms with Gasteiger partial charge in [0.2, 0.25) is 5.91 Å². The van der Waals surface area contributed by atoms with E-state index in [2.05, 4.69) is 28.2 Å². The average molecular weight is 370 g/mol. The van der Waals surface area contributed by atoms with E-state index in [1.165, 1.54) is 25.9 Å². The first-order valence-corrected chi connectivity index (χ1v) is 10.1. The van der Waals surface area contributed by atoms with E-state index in [9.17, 15) is 9.59 Å². The minimum absolute atomic E-state index is 0.0192. The number of carbonyl (C=O) groups excluding carboxylic acids is 1. The third-order valence-electron chi connectivity index (χ3n) is 5.41. The molecule has 2 aromatic rings. The summed E-state index contributed by atoms with van der Waals surface area (Å²) in [6, 6.07) is 7.86. The van der Waals surface area contributed by atoms with Crippen molar-refractivity contribution >= 4 is 16.8 Å². The summed E-state index contributed by atoms with van der Waals surface area (Å²) >= 11 is 0. The van der Waals surface area contributed by atoms with Gasteiger partial charge in [-0.05, 0) is 75.2 Å². The topological polar surface area (TPSA) is 65.2 Å². The Morgan fingerprint density at radius 3 is 3.00 bits per heavy atom. The number of piperidine rings is 1. The number of aromatic amines is 1. The number of hydrogen-bond donors (Lipinski definition) is 2. The SMILES string of the molecule is Cc1ccc2[nH]c(=O)c(CCC(=O)NCCCN3CCC[C@H](C)C3)cc2c1. The standard InChI is InChI=1S/C22H31N3O2/c1-16-6-8-20-19(13-16)14-18(22(27)24-20)7-9-21(26)23-10-4-12-25-11-3-5-17(2)15-25/h6,8,13-14,17H,3-5,7,9-12,15H2,1-2H3,(H,23,26)(H,24,27)/t17-/m0/s1. The molecule has 5 nitrogen and oxygen atoms in total. The van der Waals surface area contributed by atoms with Gasteiger partial charge in [0, 0.05) is 30.6 Å². The summed E-state index contributed by atoms with van der Waals surface area (Å²) in [6.45, 7) is 8.46. The van der Waals surface area contributed by atoms with Crippen LogP contribution < -0.4 is 10.9 Å². The molecule has 1 aromatic heterocycles. The van der Waals surface area contributed by atoms with Crippen molar-refractivity contribution in [1.82, 2.24) is 15.2 Å². The van der Waals surface area contributed by atoms with Gasteiger partial charge in [-0.1, -0.05) is 18.6 Å². The van der Waals surface area contributed by atoms with Crippen LogP contribution in [0.4, 0.5) is 0 Å². The molecule has 0 unspecified atom stereocenters. The molecule has 5 heteroatoms. The second-order valence-electron chi connectivity index (χ2n) is 7.97. The van der Waals surface area contributed by atoms with Crippen molar-refractivity contribution in [3.05, 3.63) is 45.7 Å². The summed E-state index contributed by atoms with van der Waals surface area (Å²) in [5.74, 6) is 0.808. The van der Waals surface area contributed by atoms with Crippen LogP contribution in [-0.2, 0) is 11.2 Å². The molecular weight excluding hydrogens is 338 g/mol. The van der Waals surface area contributed by atoms with Gasteiger partial charge < -0.3 is 15.2 Å². The van der Waals surface area contributed by atoms with E-state index in [-0.39, 0.29) is 11.5 Å². The number of rotatable bonds is 7. The van der Waals surface area contributed by atoms with Crippen molar-refractivity contribution in [3.63, 3.8) is 0 Å². The Hall–Kier alpha value is -2.14. The zero-order valence-electron chi connectivity index (χ0n) is 16.5. The quantitative estimate of drug-likeness (QED) is 0.738. The summed E-state index contributed by atoms with van der Waals surface area (Å²) in [6.07, 6.45) is 4.41. The van der Waals surface area contributed by atoms with Gasteiger partial charge in [-0.15, -0.1) is 0 Å². The first-order chi connectivity index (χ1) is 13.0. The molecule has 3 rings (SSSR count). The van der Waals surface area contributed by atoms with Crippen LogP contribution in [0.2, 0.25) is 0 Å². The van der Waals surface area contributed by atoms with Gasteiger partial charge in [0.25, 0.3) is 5.56 Å². The molecule has 1 aliphatic heterocycles. The van der Waals surface area contributed by atoms with Crippen molar-refractivity contribution in [1.29, 1.82) is 0 Å². The molecule has 2 heterocycles. The first kappa shape index (κ1) is 19.6. The minimum Gasteiger partial charge on any atom is -0.356 e. The lowest BCUT2D eigenvalue weighted by Crippen LogP contribution is -2.36. The Balaban J connectivity index is 1.43. The maximum absolute atomic E-state index is 12.2. The van der Waals surface area contributed by atoms with E-state index in [4.69, 9.17) is 0 Å². The highest BCUT2D eigenvalue weighted by molar-refractivity contribution is 5.80. The molecule has 1 saturated heterocycles. The highest BCUT2D eigenvalue weighted by atomic mass is 16.1. The molecular formula is C22H31N3O2. The fourth-order valence-corrected chi connectivity index (χ4v) is 3.91. The van der Waals surface area contributed by atoms with Crippen molar-refractivity contribution < 1.29 is 4.79 Å². The molecule has 0 spiro atoms. The molecule has 0 radical (unpaired) electrons. The second-order valence-corrected chi connectivity index (χ2v) is 7.97. The Kier molecular flexibility index (Phi) is 6.67. The van der Waals surface area contributed by atoms with Crippen LogP contribution in [0.3, 0.4) is 0 Å². The van der Waals surface area contributed by atoms with Crippen molar-refractivity contribution in [2.24, 2.45) is 5.92 Å². The van der Waals surface area contributed by atoms with Crippen LogP contribution >= 0.6 is 0 Å². The number of hydrogen-bond acceptors (Lipinski definition) is 3. The molecule has 0 saturated carbocycles. The third-order valence-corrected chi connectivity index (χ3v) is 5.41. The molecule has 1 atom stereocenters. The molecule has 27 heavy (non-hydrogen) atoms. The van der Waals surface area contributed by atoms with E-state index in [1.54, 1.807) is 0 Å². The van der Waals surface area contributed by atoms with Gasteiger partial charge in [-0.2, -0.15) is 0 Å². The van der Waals surface area contributed by atoms with Crippen molar-refractivity contribution in [2.75, 3.05) is 26.2 Å². The number of nitrogens with zero attached hydrogens (tertiary/aromatic N) is 1. The fraction of sp³-hybridized carbons (Fsp3) is 0.545. The molecule has 0 aliphatic carbocycles. The van der Waals surface area contributed by atoms with Crippen LogP contribution in [0, 0.1) is 12.8 Å². The maximum Gasteiger partial charge on any atom is 0.251 e. The molecule has 1 amide bonds. The van der Waals surface area contributed by atoms with Crippen molar-refractivity contribution in [2.45, 2.75) is 46.0 Å². The van der Waals surface area contributed by atoms with E-state index >= 15 is 0 Å². The zero-order valence-corrected chi connectivity index (χ0v) is 16.5. The lowest BCUT2D eigenvalue weighted by atomic mass is 10.0. The van der Waals surface area contributed by atoms with Crippen molar-refractivity contribution in [3.8, 4) is 0 Å². The van der Waals surface area contributed by atoms with E-state index in [0.717, 1.165) is 35.3 Å². The number of nitrogens with one attached hydrogen (secondary N) is 2. The molecule has 1 aromatic carbocycles. The van der Waals surface area contributed by atoms with Gasteiger partial charge >= 0.3 is 0 Å². The van der Waals surface area contributed by atoms with Crippen LogP contribution in [0.1, 0.15) is 43.7 Å². The highest BCUT2D eigenvalue weighted by Gasteiger charge is 2.15. The number of benzene rings is 1. The summed E-state index contributed by atoms with van der Waals surface area (Å²) in [5, 5.41) is 4.01. The first-order valence-electron chi connectivity index (χ1n) is 10.1. The minimum atomic E-state index is -0.0987. The number of carbonyl (C=O) groups is 1. The number of aromatic nitrogens is 1. The molecule has 146 valence electrons. The number of aryl methyl sites for hydroxylation is 2. The average Bonchev–Trinajstić information content (AvgIpc) is 2.64. The van der Waals surface area contributed by atoms with Gasteiger partial charge in [0.15, 0.2) is 0 Å². The Labute approximate surface area is 161 Å². The fourth-order valence-electron chi connectivity index (χ4n) is 3.91.